The molecule has 2 aliphatic heterocycles. The molecule has 0 aromatic heterocycles. The van der Waals surface area contributed by atoms with Gasteiger partial charge in [-0.05, 0) is 106 Å². The first-order valence-electron chi connectivity index (χ1n) is 18.5. The summed E-state index contributed by atoms with van der Waals surface area (Å²) in [5, 5.41) is 41.4. The van der Waals surface area contributed by atoms with Crippen molar-refractivity contribution in [2.75, 3.05) is 33.8 Å². The Morgan fingerprint density at radius 2 is 1.59 bits per heavy atom. The van der Waals surface area contributed by atoms with Crippen molar-refractivity contribution >= 4 is 17.8 Å². The number of allylic oxidation sites excluding steroid dienone is 1. The summed E-state index contributed by atoms with van der Waals surface area (Å²) in [5.74, 6) is 0.318. The molecule has 282 valence electrons. The second-order valence-electron chi connectivity index (χ2n) is 16.7. The Balaban J connectivity index is 1.48. The van der Waals surface area contributed by atoms with Crippen molar-refractivity contribution in [3.8, 4) is 0 Å². The Kier molecular flexibility index (Phi) is 13.1. The van der Waals surface area contributed by atoms with Crippen molar-refractivity contribution in [3.63, 3.8) is 0 Å². The molecule has 9 heteroatoms. The molecule has 1 amide bonds. The number of benzene rings is 2. The van der Waals surface area contributed by atoms with Gasteiger partial charge in [0.25, 0.3) is 0 Å². The highest BCUT2D eigenvalue weighted by molar-refractivity contribution is 5.93. The minimum absolute atomic E-state index is 0.0319. The number of Topliss-reactive ketones (excluding diaryl/α,β-unsaturated/α-hetero) is 1. The van der Waals surface area contributed by atoms with Gasteiger partial charge in [0, 0.05) is 31.0 Å². The standard InChI is InChI=1S/C42H62N2O7/c1-25(2)32-20-27(4)33(39-38(49)37(48)36(47)34(24-45)51-39)22-30(32)21-29-12-11-28(19-26(29)3)13-16-41(5,6)35(46)23-42(7,8)40(50)44-17-14-31(15-18-44)43(9)10/h11-13,16,19-20,22,25,31,34,36-39,45,47-49H,14-15,17-18,21,23-24H2,1-10H3/b16-13+/t34-,36+,37+,38+,39+/m1/s1. The molecule has 0 bridgehead atoms. The number of amides is 1. The molecule has 5 atom stereocenters. The van der Waals surface area contributed by atoms with E-state index in [1.807, 2.05) is 63.8 Å². The zero-order valence-corrected chi connectivity index (χ0v) is 32.4. The Morgan fingerprint density at radius 1 is 0.941 bits per heavy atom. The van der Waals surface area contributed by atoms with Crippen LogP contribution >= 0.6 is 0 Å². The highest BCUT2D eigenvalue weighted by atomic mass is 16.5. The lowest BCUT2D eigenvalue weighted by Crippen LogP contribution is -2.55. The number of carbonyl (C=O) groups is 2. The number of piperidine rings is 1. The molecule has 51 heavy (non-hydrogen) atoms. The van der Waals surface area contributed by atoms with E-state index in [-0.39, 0.29) is 24.0 Å². The maximum atomic E-state index is 13.6. The van der Waals surface area contributed by atoms with E-state index in [2.05, 4.69) is 58.0 Å². The van der Waals surface area contributed by atoms with Gasteiger partial charge in [0.2, 0.25) is 5.91 Å². The predicted molar refractivity (Wildman–Crippen MR) is 201 cm³/mol. The topological polar surface area (TPSA) is 131 Å². The Morgan fingerprint density at radius 3 is 2.16 bits per heavy atom. The van der Waals surface area contributed by atoms with Crippen LogP contribution in [0.2, 0.25) is 0 Å². The van der Waals surface area contributed by atoms with Crippen LogP contribution in [0.3, 0.4) is 0 Å². The molecule has 4 rings (SSSR count). The molecule has 2 saturated heterocycles. The molecule has 4 N–H and O–H groups in total. The van der Waals surface area contributed by atoms with Crippen molar-refractivity contribution in [1.29, 1.82) is 0 Å². The molecule has 2 aromatic carbocycles. The minimum atomic E-state index is -1.44. The molecule has 0 aliphatic carbocycles. The zero-order chi connectivity index (χ0) is 38.0. The summed E-state index contributed by atoms with van der Waals surface area (Å²) < 4.78 is 5.93. The first-order chi connectivity index (χ1) is 23.8. The van der Waals surface area contributed by atoms with Gasteiger partial charge < -0.3 is 35.0 Å². The molecule has 2 aromatic rings. The molecule has 9 nitrogen and oxygen atoms in total. The lowest BCUT2D eigenvalue weighted by atomic mass is 9.76. The van der Waals surface area contributed by atoms with Gasteiger partial charge in [-0.25, -0.2) is 0 Å². The van der Waals surface area contributed by atoms with Gasteiger partial charge in [0.1, 0.15) is 36.3 Å². The number of aryl methyl sites for hydroxylation is 2. The number of hydrogen-bond donors (Lipinski definition) is 4. The molecule has 2 aliphatic rings. The van der Waals surface area contributed by atoms with Crippen molar-refractivity contribution < 1.29 is 34.8 Å². The van der Waals surface area contributed by atoms with Crippen LogP contribution in [0.5, 0.6) is 0 Å². The van der Waals surface area contributed by atoms with E-state index in [0.717, 1.165) is 53.7 Å². The van der Waals surface area contributed by atoms with Gasteiger partial charge >= 0.3 is 0 Å². The third-order valence-corrected chi connectivity index (χ3v) is 11.2. The summed E-state index contributed by atoms with van der Waals surface area (Å²) in [7, 11) is 4.16. The third kappa shape index (κ3) is 9.36. The monoisotopic (exact) mass is 706 g/mol. The van der Waals surface area contributed by atoms with Crippen LogP contribution in [0.15, 0.2) is 36.4 Å². The van der Waals surface area contributed by atoms with Gasteiger partial charge in [-0.3, -0.25) is 9.59 Å². The average Bonchev–Trinajstić information content (AvgIpc) is 3.07. The van der Waals surface area contributed by atoms with Crippen LogP contribution in [0.1, 0.15) is 112 Å². The SMILES string of the molecule is Cc1cc(/C=C/C(C)(C)C(=O)CC(C)(C)C(=O)N2CCC(N(C)C)CC2)ccc1Cc1cc([C@@H]2O[C@H](CO)[C@H](O)[C@H](O)[C@@H]2O)c(C)cc1C(C)C. The van der Waals surface area contributed by atoms with Crippen molar-refractivity contribution in [2.45, 2.75) is 124 Å². The summed E-state index contributed by atoms with van der Waals surface area (Å²) >= 11 is 0. The summed E-state index contributed by atoms with van der Waals surface area (Å²) in [6.45, 7) is 16.9. The smallest absolute Gasteiger partial charge is 0.228 e. The van der Waals surface area contributed by atoms with Crippen LogP contribution in [0.4, 0.5) is 0 Å². The van der Waals surface area contributed by atoms with E-state index < -0.39 is 48.0 Å². The van der Waals surface area contributed by atoms with Gasteiger partial charge in [0.05, 0.1) is 12.0 Å². The summed E-state index contributed by atoms with van der Waals surface area (Å²) in [5.41, 5.74) is 5.52. The molecule has 0 unspecified atom stereocenters. The van der Waals surface area contributed by atoms with Crippen LogP contribution in [-0.2, 0) is 20.7 Å². The molecule has 0 spiro atoms. The molecular formula is C42H62N2O7. The zero-order valence-electron chi connectivity index (χ0n) is 32.4. The number of likely N-dealkylation sites (tertiary alicyclic amines) is 1. The molecule has 2 fully saturated rings. The quantitative estimate of drug-likeness (QED) is 0.240. The third-order valence-electron chi connectivity index (χ3n) is 11.2. The van der Waals surface area contributed by atoms with E-state index in [9.17, 15) is 30.0 Å². The molecular weight excluding hydrogens is 644 g/mol. The maximum absolute atomic E-state index is 13.6. The molecule has 2 heterocycles. The second-order valence-corrected chi connectivity index (χ2v) is 16.7. The van der Waals surface area contributed by atoms with Gasteiger partial charge in [0.15, 0.2) is 0 Å². The highest BCUT2D eigenvalue weighted by Crippen LogP contribution is 2.37. The predicted octanol–water partition coefficient (Wildman–Crippen LogP) is 5.11. The minimum Gasteiger partial charge on any atom is -0.394 e. The number of hydrogen-bond acceptors (Lipinski definition) is 8. The fourth-order valence-electron chi connectivity index (χ4n) is 7.49. The number of rotatable bonds is 12. The van der Waals surface area contributed by atoms with E-state index in [4.69, 9.17) is 4.74 Å². The summed E-state index contributed by atoms with van der Waals surface area (Å²) in [6, 6.07) is 10.9. The average molecular weight is 707 g/mol. The van der Waals surface area contributed by atoms with Crippen molar-refractivity contribution in [3.05, 3.63) is 75.4 Å². The fraction of sp³-hybridized carbons (Fsp3) is 0.619. The largest absolute Gasteiger partial charge is 0.394 e. The fourth-order valence-corrected chi connectivity index (χ4v) is 7.49. The van der Waals surface area contributed by atoms with Gasteiger partial charge in [-0.1, -0.05) is 70.2 Å². The van der Waals surface area contributed by atoms with Gasteiger partial charge in [-0.2, -0.15) is 0 Å². The van der Waals surface area contributed by atoms with E-state index in [1.54, 1.807) is 0 Å². The van der Waals surface area contributed by atoms with Crippen LogP contribution in [0, 0.1) is 24.7 Å². The van der Waals surface area contributed by atoms with E-state index in [1.165, 1.54) is 5.56 Å². The van der Waals surface area contributed by atoms with E-state index in [0.29, 0.717) is 18.0 Å². The second kappa shape index (κ2) is 16.4. The number of aliphatic hydroxyl groups is 4. The number of ketones is 1. The first-order valence-corrected chi connectivity index (χ1v) is 18.5. The number of carbonyl (C=O) groups excluding carboxylic acids is 2. The van der Waals surface area contributed by atoms with Crippen molar-refractivity contribution in [1.82, 2.24) is 9.80 Å². The summed E-state index contributed by atoms with van der Waals surface area (Å²) in [6.07, 6.45) is 0.551. The van der Waals surface area contributed by atoms with Crippen LogP contribution in [0.25, 0.3) is 6.08 Å². The number of nitrogens with zero attached hydrogens (tertiary/aromatic N) is 2. The Labute approximate surface area is 305 Å². The molecule has 0 radical (unpaired) electrons. The highest BCUT2D eigenvalue weighted by Gasteiger charge is 2.44. The lowest BCUT2D eigenvalue weighted by molar-refractivity contribution is -0.231. The maximum Gasteiger partial charge on any atom is 0.228 e. The van der Waals surface area contributed by atoms with E-state index >= 15 is 0 Å². The van der Waals surface area contributed by atoms with Gasteiger partial charge in [-0.15, -0.1) is 0 Å². The van der Waals surface area contributed by atoms with Crippen LogP contribution < -0.4 is 0 Å². The number of aliphatic hydroxyl groups excluding tert-OH is 4. The number of ether oxygens (including phenoxy) is 1. The Bertz CT molecular complexity index is 1570. The lowest BCUT2D eigenvalue weighted by Gasteiger charge is -2.41. The Hall–Kier alpha value is -2.92. The normalized spacial score (nSPS) is 23.8. The van der Waals surface area contributed by atoms with Crippen LogP contribution in [-0.4, -0.2) is 106 Å². The first kappa shape index (κ1) is 40.8. The summed E-state index contributed by atoms with van der Waals surface area (Å²) in [4.78, 5) is 31.2. The molecule has 0 saturated carbocycles. The van der Waals surface area contributed by atoms with Crippen molar-refractivity contribution in [2.24, 2.45) is 10.8 Å².